The summed E-state index contributed by atoms with van der Waals surface area (Å²) in [5, 5.41) is 3.38. The minimum atomic E-state index is -3.39. The SMILES string of the molecule is CC(C)CN(CC1CCCN1)S(=O)(=O)c1ccccc1. The van der Waals surface area contributed by atoms with E-state index >= 15 is 0 Å². The van der Waals surface area contributed by atoms with Crippen LogP contribution in [0, 0.1) is 5.92 Å². The van der Waals surface area contributed by atoms with Crippen molar-refractivity contribution in [3.8, 4) is 0 Å². The van der Waals surface area contributed by atoms with Crippen molar-refractivity contribution in [2.45, 2.75) is 37.6 Å². The van der Waals surface area contributed by atoms with Gasteiger partial charge in [-0.3, -0.25) is 0 Å². The number of sulfonamides is 1. The van der Waals surface area contributed by atoms with Crippen LogP contribution in [-0.2, 0) is 10.0 Å². The zero-order valence-corrected chi connectivity index (χ0v) is 13.1. The molecule has 1 atom stereocenters. The summed E-state index contributed by atoms with van der Waals surface area (Å²) in [6.07, 6.45) is 2.18. The lowest BCUT2D eigenvalue weighted by molar-refractivity contribution is 0.336. The summed E-state index contributed by atoms with van der Waals surface area (Å²) in [6, 6.07) is 9.01. The summed E-state index contributed by atoms with van der Waals surface area (Å²) in [6.45, 7) is 6.22. The molecule has 0 bridgehead atoms. The molecule has 5 heteroatoms. The van der Waals surface area contributed by atoms with Crippen molar-refractivity contribution in [1.29, 1.82) is 0 Å². The van der Waals surface area contributed by atoms with Gasteiger partial charge >= 0.3 is 0 Å². The third-order valence-electron chi connectivity index (χ3n) is 3.54. The molecule has 4 nitrogen and oxygen atoms in total. The van der Waals surface area contributed by atoms with Crippen molar-refractivity contribution in [1.82, 2.24) is 9.62 Å². The topological polar surface area (TPSA) is 49.4 Å². The monoisotopic (exact) mass is 296 g/mol. The molecule has 1 aromatic rings. The molecule has 1 N–H and O–H groups in total. The highest BCUT2D eigenvalue weighted by molar-refractivity contribution is 7.89. The maximum atomic E-state index is 12.8. The maximum Gasteiger partial charge on any atom is 0.243 e. The fourth-order valence-electron chi connectivity index (χ4n) is 2.58. The Kier molecular flexibility index (Phi) is 5.18. The van der Waals surface area contributed by atoms with Gasteiger partial charge < -0.3 is 5.32 Å². The van der Waals surface area contributed by atoms with Gasteiger partial charge in [0.05, 0.1) is 4.90 Å². The first-order valence-corrected chi connectivity index (χ1v) is 8.72. The largest absolute Gasteiger partial charge is 0.313 e. The van der Waals surface area contributed by atoms with Crippen LogP contribution in [0.5, 0.6) is 0 Å². The fraction of sp³-hybridized carbons (Fsp3) is 0.600. The molecule has 1 unspecified atom stereocenters. The number of nitrogens with zero attached hydrogens (tertiary/aromatic N) is 1. The quantitative estimate of drug-likeness (QED) is 0.874. The Morgan fingerprint density at radius 1 is 1.30 bits per heavy atom. The molecule has 1 aliphatic rings. The summed E-state index contributed by atoms with van der Waals surface area (Å²) < 4.78 is 27.1. The van der Waals surface area contributed by atoms with E-state index in [1.807, 2.05) is 6.07 Å². The maximum absolute atomic E-state index is 12.8. The molecule has 1 aliphatic heterocycles. The molecule has 1 saturated heterocycles. The summed E-state index contributed by atoms with van der Waals surface area (Å²) >= 11 is 0. The zero-order chi connectivity index (χ0) is 14.6. The molecule has 2 rings (SSSR count). The minimum Gasteiger partial charge on any atom is -0.313 e. The van der Waals surface area contributed by atoms with Crippen LogP contribution in [0.4, 0.5) is 0 Å². The first-order chi connectivity index (χ1) is 9.50. The third-order valence-corrected chi connectivity index (χ3v) is 5.38. The van der Waals surface area contributed by atoms with Crippen LogP contribution in [0.2, 0.25) is 0 Å². The highest BCUT2D eigenvalue weighted by atomic mass is 32.2. The molecule has 0 aromatic heterocycles. The van der Waals surface area contributed by atoms with Crippen molar-refractivity contribution in [3.05, 3.63) is 30.3 Å². The van der Waals surface area contributed by atoms with Crippen molar-refractivity contribution < 1.29 is 8.42 Å². The Morgan fingerprint density at radius 2 is 2.00 bits per heavy atom. The minimum absolute atomic E-state index is 0.284. The molecule has 0 spiro atoms. The molecule has 1 heterocycles. The van der Waals surface area contributed by atoms with Crippen LogP contribution < -0.4 is 5.32 Å². The van der Waals surface area contributed by atoms with E-state index < -0.39 is 10.0 Å². The number of hydrogen-bond acceptors (Lipinski definition) is 3. The van der Waals surface area contributed by atoms with E-state index in [0.29, 0.717) is 23.9 Å². The second kappa shape index (κ2) is 6.70. The molecule has 0 amide bonds. The van der Waals surface area contributed by atoms with Crippen LogP contribution in [0.1, 0.15) is 26.7 Å². The standard InChI is InChI=1S/C15H24N2O2S/c1-13(2)11-17(12-14-7-6-10-16-14)20(18,19)15-8-4-3-5-9-15/h3-5,8-9,13-14,16H,6-7,10-12H2,1-2H3. The second-order valence-corrected chi connectivity index (χ2v) is 7.76. The Bertz CT molecular complexity index is 508. The predicted molar refractivity (Wildman–Crippen MR) is 81.1 cm³/mol. The van der Waals surface area contributed by atoms with E-state index in [9.17, 15) is 8.42 Å². The molecule has 20 heavy (non-hydrogen) atoms. The third kappa shape index (κ3) is 3.81. The first kappa shape index (κ1) is 15.5. The fourth-order valence-corrected chi connectivity index (χ4v) is 4.25. The summed E-state index contributed by atoms with van der Waals surface area (Å²) in [7, 11) is -3.39. The molecular formula is C15H24N2O2S. The zero-order valence-electron chi connectivity index (χ0n) is 12.2. The number of hydrogen-bond donors (Lipinski definition) is 1. The van der Waals surface area contributed by atoms with E-state index in [1.54, 1.807) is 28.6 Å². The Morgan fingerprint density at radius 3 is 2.55 bits per heavy atom. The van der Waals surface area contributed by atoms with Crippen LogP contribution in [0.3, 0.4) is 0 Å². The van der Waals surface area contributed by atoms with Gasteiger partial charge in [0.1, 0.15) is 0 Å². The van der Waals surface area contributed by atoms with E-state index in [2.05, 4.69) is 19.2 Å². The van der Waals surface area contributed by atoms with Crippen molar-refractivity contribution >= 4 is 10.0 Å². The van der Waals surface area contributed by atoms with Crippen LogP contribution >= 0.6 is 0 Å². The molecule has 0 aliphatic carbocycles. The van der Waals surface area contributed by atoms with E-state index in [4.69, 9.17) is 0 Å². The van der Waals surface area contributed by atoms with Crippen LogP contribution in [0.15, 0.2) is 35.2 Å². The molecule has 1 fully saturated rings. The summed E-state index contributed by atoms with van der Waals surface area (Å²) in [5.74, 6) is 0.315. The summed E-state index contributed by atoms with van der Waals surface area (Å²) in [5.41, 5.74) is 0. The highest BCUT2D eigenvalue weighted by Crippen LogP contribution is 2.19. The molecule has 0 radical (unpaired) electrons. The normalized spacial score (nSPS) is 19.9. The Hall–Kier alpha value is -0.910. The first-order valence-electron chi connectivity index (χ1n) is 7.28. The molecule has 1 aromatic carbocycles. The van der Waals surface area contributed by atoms with Gasteiger partial charge in [0.15, 0.2) is 0 Å². The van der Waals surface area contributed by atoms with Crippen molar-refractivity contribution in [3.63, 3.8) is 0 Å². The smallest absolute Gasteiger partial charge is 0.243 e. The van der Waals surface area contributed by atoms with Gasteiger partial charge in [0, 0.05) is 19.1 Å². The lowest BCUT2D eigenvalue weighted by Gasteiger charge is -2.26. The van der Waals surface area contributed by atoms with Gasteiger partial charge in [-0.1, -0.05) is 32.0 Å². The number of nitrogens with one attached hydrogen (secondary N) is 1. The van der Waals surface area contributed by atoms with Crippen molar-refractivity contribution in [2.24, 2.45) is 5.92 Å². The Labute approximate surface area is 122 Å². The van der Waals surface area contributed by atoms with Crippen LogP contribution in [0.25, 0.3) is 0 Å². The van der Waals surface area contributed by atoms with E-state index in [-0.39, 0.29) is 6.04 Å². The highest BCUT2D eigenvalue weighted by Gasteiger charge is 2.28. The van der Waals surface area contributed by atoms with Gasteiger partial charge in [-0.15, -0.1) is 0 Å². The van der Waals surface area contributed by atoms with Gasteiger partial charge in [-0.05, 0) is 37.4 Å². The molecular weight excluding hydrogens is 272 g/mol. The Balaban J connectivity index is 2.20. The number of benzene rings is 1. The molecule has 112 valence electrons. The van der Waals surface area contributed by atoms with Crippen molar-refractivity contribution in [2.75, 3.05) is 19.6 Å². The second-order valence-electron chi connectivity index (χ2n) is 5.82. The average Bonchev–Trinajstić information content (AvgIpc) is 2.91. The van der Waals surface area contributed by atoms with Gasteiger partial charge in [0.2, 0.25) is 10.0 Å². The van der Waals surface area contributed by atoms with Gasteiger partial charge in [-0.25, -0.2) is 8.42 Å². The van der Waals surface area contributed by atoms with Gasteiger partial charge in [-0.2, -0.15) is 4.31 Å². The van der Waals surface area contributed by atoms with Crippen LogP contribution in [-0.4, -0.2) is 38.4 Å². The predicted octanol–water partition coefficient (Wildman–Crippen LogP) is 2.09. The lowest BCUT2D eigenvalue weighted by atomic mass is 10.2. The van der Waals surface area contributed by atoms with E-state index in [0.717, 1.165) is 19.4 Å². The van der Waals surface area contributed by atoms with Gasteiger partial charge in [0.25, 0.3) is 0 Å². The lowest BCUT2D eigenvalue weighted by Crippen LogP contribution is -2.42. The summed E-state index contributed by atoms with van der Waals surface area (Å²) in [4.78, 5) is 0.388. The number of rotatable bonds is 6. The molecule has 0 saturated carbocycles. The average molecular weight is 296 g/mol. The van der Waals surface area contributed by atoms with E-state index in [1.165, 1.54) is 0 Å².